The van der Waals surface area contributed by atoms with Crippen LogP contribution in [-0.4, -0.2) is 55.5 Å². The first kappa shape index (κ1) is 17.1. The Morgan fingerprint density at radius 3 is 2.13 bits per heavy atom. The fourth-order valence-corrected chi connectivity index (χ4v) is 1.21. The number of rotatable bonds is 6. The van der Waals surface area contributed by atoms with E-state index in [0.717, 1.165) is 26.1 Å². The number of nitrogens with zero attached hydrogens (tertiary/aromatic N) is 2. The zero-order chi connectivity index (χ0) is 11.1. The van der Waals surface area contributed by atoms with Gasteiger partial charge in [0.25, 0.3) is 0 Å². The van der Waals surface area contributed by atoms with Gasteiger partial charge in [-0.25, -0.2) is 0 Å². The summed E-state index contributed by atoms with van der Waals surface area (Å²) in [6, 6.07) is -0.385. The van der Waals surface area contributed by atoms with Gasteiger partial charge < -0.3 is 15.5 Å². The first-order chi connectivity index (χ1) is 6.49. The predicted molar refractivity (Wildman–Crippen MR) is 66.3 cm³/mol. The van der Waals surface area contributed by atoms with Crippen molar-refractivity contribution in [2.24, 2.45) is 5.73 Å². The maximum absolute atomic E-state index is 11.6. The Labute approximate surface area is 99.2 Å². The monoisotopic (exact) mass is 237 g/mol. The van der Waals surface area contributed by atoms with Crippen molar-refractivity contribution in [1.82, 2.24) is 9.80 Å². The molecule has 0 aromatic heterocycles. The highest BCUT2D eigenvalue weighted by molar-refractivity contribution is 5.85. The van der Waals surface area contributed by atoms with E-state index in [-0.39, 0.29) is 24.4 Å². The number of amides is 1. The number of halogens is 1. The van der Waals surface area contributed by atoms with Crippen LogP contribution >= 0.6 is 12.4 Å². The minimum absolute atomic E-state index is 0. The Hall–Kier alpha value is -0.320. The van der Waals surface area contributed by atoms with Gasteiger partial charge in [0, 0.05) is 19.6 Å². The topological polar surface area (TPSA) is 49.6 Å². The van der Waals surface area contributed by atoms with Gasteiger partial charge in [-0.05, 0) is 27.4 Å². The number of hydrogen-bond donors (Lipinski definition) is 1. The lowest BCUT2D eigenvalue weighted by atomic mass is 10.3. The fourth-order valence-electron chi connectivity index (χ4n) is 1.21. The first-order valence-corrected chi connectivity index (χ1v) is 5.18. The molecule has 2 N–H and O–H groups in total. The molecule has 0 aromatic carbocycles. The van der Waals surface area contributed by atoms with Crippen molar-refractivity contribution >= 4 is 18.3 Å². The van der Waals surface area contributed by atoms with E-state index in [1.165, 1.54) is 0 Å². The normalized spacial score (nSPS) is 12.1. The molecule has 15 heavy (non-hydrogen) atoms. The van der Waals surface area contributed by atoms with Crippen LogP contribution in [0.4, 0.5) is 0 Å². The molecule has 0 aliphatic carbocycles. The van der Waals surface area contributed by atoms with Crippen LogP contribution in [0.25, 0.3) is 0 Å². The number of carbonyl (C=O) groups excluding carboxylic acids is 1. The van der Waals surface area contributed by atoms with Gasteiger partial charge >= 0.3 is 0 Å². The summed E-state index contributed by atoms with van der Waals surface area (Å²) in [5, 5.41) is 0. The standard InChI is InChI=1S/C10H23N3O.ClH/c1-5-6-13(8-7-12(3)4)10(14)9(2)11;/h9H,5-8,11H2,1-4H3;1H. The third kappa shape index (κ3) is 7.59. The van der Waals surface area contributed by atoms with Crippen molar-refractivity contribution in [2.75, 3.05) is 33.7 Å². The van der Waals surface area contributed by atoms with Crippen LogP contribution < -0.4 is 5.73 Å². The fraction of sp³-hybridized carbons (Fsp3) is 0.900. The molecule has 5 heteroatoms. The van der Waals surface area contributed by atoms with Crippen LogP contribution in [0.5, 0.6) is 0 Å². The van der Waals surface area contributed by atoms with Gasteiger partial charge in [-0.15, -0.1) is 12.4 Å². The number of nitrogens with two attached hydrogens (primary N) is 1. The van der Waals surface area contributed by atoms with Gasteiger partial charge in [-0.1, -0.05) is 6.92 Å². The molecule has 1 unspecified atom stereocenters. The molecular formula is C10H24ClN3O. The van der Waals surface area contributed by atoms with Gasteiger partial charge in [0.05, 0.1) is 6.04 Å². The van der Waals surface area contributed by atoms with Crippen LogP contribution in [0.1, 0.15) is 20.3 Å². The van der Waals surface area contributed by atoms with Gasteiger partial charge in [0.1, 0.15) is 0 Å². The molecule has 0 saturated heterocycles. The third-order valence-corrected chi connectivity index (χ3v) is 2.01. The minimum atomic E-state index is -0.385. The molecule has 0 heterocycles. The maximum Gasteiger partial charge on any atom is 0.239 e. The summed E-state index contributed by atoms with van der Waals surface area (Å²) in [5.74, 6) is 0.0497. The lowest BCUT2D eigenvalue weighted by molar-refractivity contribution is -0.132. The first-order valence-electron chi connectivity index (χ1n) is 5.18. The second kappa shape index (κ2) is 8.95. The lowest BCUT2D eigenvalue weighted by Crippen LogP contribution is -2.45. The molecule has 0 aromatic rings. The van der Waals surface area contributed by atoms with Crippen molar-refractivity contribution in [3.05, 3.63) is 0 Å². The summed E-state index contributed by atoms with van der Waals surface area (Å²) in [4.78, 5) is 15.5. The summed E-state index contributed by atoms with van der Waals surface area (Å²) in [5.41, 5.74) is 5.57. The smallest absolute Gasteiger partial charge is 0.239 e. The van der Waals surface area contributed by atoms with E-state index in [9.17, 15) is 4.79 Å². The Morgan fingerprint density at radius 2 is 1.80 bits per heavy atom. The summed E-state index contributed by atoms with van der Waals surface area (Å²) in [6.45, 7) is 6.26. The molecule has 0 aliphatic heterocycles. The molecule has 1 amide bonds. The molecule has 1 atom stereocenters. The highest BCUT2D eigenvalue weighted by Crippen LogP contribution is 1.96. The second-order valence-electron chi connectivity index (χ2n) is 3.92. The average molecular weight is 238 g/mol. The molecule has 4 nitrogen and oxygen atoms in total. The Balaban J connectivity index is 0. The Morgan fingerprint density at radius 1 is 1.27 bits per heavy atom. The molecule has 0 bridgehead atoms. The van der Waals surface area contributed by atoms with E-state index < -0.39 is 0 Å². The largest absolute Gasteiger partial charge is 0.340 e. The Bertz CT molecular complexity index is 174. The van der Waals surface area contributed by atoms with E-state index >= 15 is 0 Å². The molecule has 0 aliphatic rings. The highest BCUT2D eigenvalue weighted by atomic mass is 35.5. The van der Waals surface area contributed by atoms with Gasteiger partial charge in [-0.2, -0.15) is 0 Å². The number of hydrogen-bond acceptors (Lipinski definition) is 3. The SMILES string of the molecule is CCCN(CCN(C)C)C(=O)C(C)N.Cl. The van der Waals surface area contributed by atoms with E-state index in [0.29, 0.717) is 0 Å². The third-order valence-electron chi connectivity index (χ3n) is 2.01. The van der Waals surface area contributed by atoms with Crippen molar-refractivity contribution in [3.8, 4) is 0 Å². The van der Waals surface area contributed by atoms with Crippen LogP contribution in [0.15, 0.2) is 0 Å². The van der Waals surface area contributed by atoms with E-state index in [1.807, 2.05) is 19.0 Å². The average Bonchev–Trinajstić information content (AvgIpc) is 2.10. The quantitative estimate of drug-likeness (QED) is 0.735. The molecule has 92 valence electrons. The molecule has 0 rings (SSSR count). The van der Waals surface area contributed by atoms with Crippen LogP contribution in [0.2, 0.25) is 0 Å². The summed E-state index contributed by atoms with van der Waals surface area (Å²) in [6.07, 6.45) is 0.978. The van der Waals surface area contributed by atoms with Crippen LogP contribution in [0, 0.1) is 0 Å². The van der Waals surface area contributed by atoms with Gasteiger partial charge in [-0.3, -0.25) is 4.79 Å². The molecule has 0 fully saturated rings. The Kier molecular flexibility index (Phi) is 10.2. The van der Waals surface area contributed by atoms with Crippen molar-refractivity contribution in [3.63, 3.8) is 0 Å². The predicted octanol–water partition coefficient (Wildman–Crippen LogP) is 0.556. The molecule has 0 spiro atoms. The van der Waals surface area contributed by atoms with Crippen molar-refractivity contribution in [1.29, 1.82) is 0 Å². The zero-order valence-corrected chi connectivity index (χ0v) is 11.0. The number of likely N-dealkylation sites (N-methyl/N-ethyl adjacent to an activating group) is 1. The second-order valence-corrected chi connectivity index (χ2v) is 3.92. The van der Waals surface area contributed by atoms with Crippen LogP contribution in [-0.2, 0) is 4.79 Å². The maximum atomic E-state index is 11.6. The minimum Gasteiger partial charge on any atom is -0.340 e. The summed E-state index contributed by atoms with van der Waals surface area (Å²) < 4.78 is 0. The van der Waals surface area contributed by atoms with Crippen molar-refractivity contribution < 1.29 is 4.79 Å². The van der Waals surface area contributed by atoms with Gasteiger partial charge in [0.15, 0.2) is 0 Å². The summed E-state index contributed by atoms with van der Waals surface area (Å²) in [7, 11) is 4.00. The van der Waals surface area contributed by atoms with E-state index in [4.69, 9.17) is 5.73 Å². The van der Waals surface area contributed by atoms with Crippen molar-refractivity contribution in [2.45, 2.75) is 26.3 Å². The molecule has 0 saturated carbocycles. The van der Waals surface area contributed by atoms with Gasteiger partial charge in [0.2, 0.25) is 5.91 Å². The van der Waals surface area contributed by atoms with E-state index in [2.05, 4.69) is 11.8 Å². The lowest BCUT2D eigenvalue weighted by Gasteiger charge is -2.25. The number of carbonyl (C=O) groups is 1. The van der Waals surface area contributed by atoms with E-state index in [1.54, 1.807) is 6.92 Å². The molecular weight excluding hydrogens is 214 g/mol. The highest BCUT2D eigenvalue weighted by Gasteiger charge is 2.15. The van der Waals surface area contributed by atoms with Crippen LogP contribution in [0.3, 0.4) is 0 Å². The zero-order valence-electron chi connectivity index (χ0n) is 10.2. The summed E-state index contributed by atoms with van der Waals surface area (Å²) >= 11 is 0. The molecule has 0 radical (unpaired) electrons.